The number of nitrogens with one attached hydrogen (secondary N) is 2. The zero-order valence-electron chi connectivity index (χ0n) is 10.1. The van der Waals surface area contributed by atoms with E-state index in [0.717, 1.165) is 5.69 Å². The van der Waals surface area contributed by atoms with E-state index in [1.54, 1.807) is 12.1 Å². The molecule has 7 heteroatoms. The van der Waals surface area contributed by atoms with E-state index < -0.39 is 10.0 Å². The van der Waals surface area contributed by atoms with Crippen molar-refractivity contribution < 1.29 is 8.42 Å². The number of anilines is 2. The molecule has 0 aliphatic heterocycles. The van der Waals surface area contributed by atoms with E-state index in [9.17, 15) is 8.42 Å². The summed E-state index contributed by atoms with van der Waals surface area (Å²) in [6.45, 7) is 0. The summed E-state index contributed by atoms with van der Waals surface area (Å²) < 4.78 is 26.6. The Bertz CT molecular complexity index is 620. The van der Waals surface area contributed by atoms with Gasteiger partial charge < -0.3 is 9.88 Å². The second-order valence-corrected chi connectivity index (χ2v) is 5.58. The molecule has 18 heavy (non-hydrogen) atoms. The molecule has 0 bridgehead atoms. The standard InChI is InChI=1S/C11H14N4O2S/c1-15(2)10-6-4-3-5-9(10)14-18(16,17)11-7-12-8-13-11/h3-8,14H,1-2H3,(H,12,13). The summed E-state index contributed by atoms with van der Waals surface area (Å²) in [5.41, 5.74) is 1.32. The molecular formula is C11H14N4O2S. The van der Waals surface area contributed by atoms with Crippen LogP contribution in [0.4, 0.5) is 11.4 Å². The highest BCUT2D eigenvalue weighted by atomic mass is 32.2. The van der Waals surface area contributed by atoms with Crippen LogP contribution in [-0.4, -0.2) is 32.5 Å². The van der Waals surface area contributed by atoms with Crippen molar-refractivity contribution in [3.8, 4) is 0 Å². The molecule has 0 amide bonds. The highest BCUT2D eigenvalue weighted by Gasteiger charge is 2.17. The number of aromatic nitrogens is 2. The first-order valence-corrected chi connectivity index (χ1v) is 6.76. The summed E-state index contributed by atoms with van der Waals surface area (Å²) in [6, 6.07) is 7.18. The van der Waals surface area contributed by atoms with Crippen molar-refractivity contribution in [3.05, 3.63) is 36.8 Å². The van der Waals surface area contributed by atoms with Crippen LogP contribution in [-0.2, 0) is 10.0 Å². The molecule has 2 rings (SSSR count). The smallest absolute Gasteiger partial charge is 0.279 e. The SMILES string of the molecule is CN(C)c1ccccc1NS(=O)(=O)c1cnc[nH]1. The van der Waals surface area contributed by atoms with Crippen LogP contribution in [0.5, 0.6) is 0 Å². The first-order valence-electron chi connectivity index (χ1n) is 5.28. The molecule has 0 aliphatic rings. The van der Waals surface area contributed by atoms with Gasteiger partial charge in [0.05, 0.1) is 23.9 Å². The van der Waals surface area contributed by atoms with E-state index in [-0.39, 0.29) is 5.03 Å². The van der Waals surface area contributed by atoms with E-state index >= 15 is 0 Å². The minimum absolute atomic E-state index is 0.0380. The maximum Gasteiger partial charge on any atom is 0.279 e. The van der Waals surface area contributed by atoms with E-state index in [2.05, 4.69) is 14.7 Å². The monoisotopic (exact) mass is 266 g/mol. The summed E-state index contributed by atoms with van der Waals surface area (Å²) in [4.78, 5) is 8.11. The van der Waals surface area contributed by atoms with Gasteiger partial charge in [0.15, 0.2) is 5.03 Å². The maximum absolute atomic E-state index is 12.0. The molecule has 6 nitrogen and oxygen atoms in total. The van der Waals surface area contributed by atoms with Gasteiger partial charge in [-0.1, -0.05) is 12.1 Å². The number of hydrogen-bond acceptors (Lipinski definition) is 4. The first kappa shape index (κ1) is 12.4. The van der Waals surface area contributed by atoms with Gasteiger partial charge in [-0.2, -0.15) is 8.42 Å². The van der Waals surface area contributed by atoms with Crippen molar-refractivity contribution in [1.82, 2.24) is 9.97 Å². The third-order valence-electron chi connectivity index (χ3n) is 2.39. The van der Waals surface area contributed by atoms with Crippen molar-refractivity contribution in [1.29, 1.82) is 0 Å². The van der Waals surface area contributed by atoms with Gasteiger partial charge in [0, 0.05) is 14.1 Å². The molecule has 0 aliphatic carbocycles. The lowest BCUT2D eigenvalue weighted by atomic mass is 10.2. The van der Waals surface area contributed by atoms with Crippen LogP contribution in [0.1, 0.15) is 0 Å². The van der Waals surface area contributed by atoms with E-state index in [1.165, 1.54) is 12.5 Å². The zero-order chi connectivity index (χ0) is 13.2. The molecule has 0 unspecified atom stereocenters. The fourth-order valence-corrected chi connectivity index (χ4v) is 2.52. The molecule has 2 N–H and O–H groups in total. The van der Waals surface area contributed by atoms with E-state index in [4.69, 9.17) is 0 Å². The van der Waals surface area contributed by atoms with E-state index in [1.807, 2.05) is 31.1 Å². The number of rotatable bonds is 4. The van der Waals surface area contributed by atoms with Crippen LogP contribution in [0.15, 0.2) is 41.8 Å². The van der Waals surface area contributed by atoms with Crippen molar-refractivity contribution >= 4 is 21.4 Å². The Hall–Kier alpha value is -2.02. The third kappa shape index (κ3) is 2.45. The minimum atomic E-state index is -3.62. The average molecular weight is 266 g/mol. The third-order valence-corrected chi connectivity index (χ3v) is 3.68. The predicted molar refractivity (Wildman–Crippen MR) is 70.2 cm³/mol. The lowest BCUT2D eigenvalue weighted by molar-refractivity contribution is 0.598. The summed E-state index contributed by atoms with van der Waals surface area (Å²) in [7, 11) is 0.0803. The predicted octanol–water partition coefficient (Wildman–Crippen LogP) is 1.28. The quantitative estimate of drug-likeness (QED) is 0.873. The van der Waals surface area contributed by atoms with Crippen LogP contribution in [0.2, 0.25) is 0 Å². The number of nitrogens with zero attached hydrogens (tertiary/aromatic N) is 2. The summed E-state index contributed by atoms with van der Waals surface area (Å²) in [6.07, 6.45) is 2.59. The van der Waals surface area contributed by atoms with Gasteiger partial charge in [0.1, 0.15) is 0 Å². The van der Waals surface area contributed by atoms with Crippen molar-refractivity contribution in [2.75, 3.05) is 23.7 Å². The van der Waals surface area contributed by atoms with Gasteiger partial charge in [-0.3, -0.25) is 4.72 Å². The normalized spacial score (nSPS) is 11.2. The van der Waals surface area contributed by atoms with E-state index in [0.29, 0.717) is 5.69 Å². The lowest BCUT2D eigenvalue weighted by Crippen LogP contribution is -2.17. The number of imidazole rings is 1. The molecule has 0 fully saturated rings. The topological polar surface area (TPSA) is 78.1 Å². The fourth-order valence-electron chi connectivity index (χ4n) is 1.54. The Morgan fingerprint density at radius 2 is 2.00 bits per heavy atom. The van der Waals surface area contributed by atoms with Crippen LogP contribution < -0.4 is 9.62 Å². The van der Waals surface area contributed by atoms with Crippen LogP contribution in [0.25, 0.3) is 0 Å². The molecule has 2 aromatic rings. The highest BCUT2D eigenvalue weighted by molar-refractivity contribution is 7.92. The molecule has 0 saturated carbocycles. The average Bonchev–Trinajstić information content (AvgIpc) is 2.83. The second kappa shape index (κ2) is 4.69. The lowest BCUT2D eigenvalue weighted by Gasteiger charge is -2.17. The van der Waals surface area contributed by atoms with Crippen molar-refractivity contribution in [2.45, 2.75) is 5.03 Å². The van der Waals surface area contributed by atoms with Gasteiger partial charge in [-0.25, -0.2) is 4.98 Å². The number of sulfonamides is 1. The number of H-pyrrole nitrogens is 1. The second-order valence-electron chi connectivity index (χ2n) is 3.93. The van der Waals surface area contributed by atoms with Crippen LogP contribution in [0.3, 0.4) is 0 Å². The molecule has 96 valence electrons. The van der Waals surface area contributed by atoms with Gasteiger partial charge in [-0.15, -0.1) is 0 Å². The number of hydrogen-bond donors (Lipinski definition) is 2. The first-order chi connectivity index (χ1) is 8.50. The van der Waals surface area contributed by atoms with Gasteiger partial charge in [-0.05, 0) is 12.1 Å². The fraction of sp³-hybridized carbons (Fsp3) is 0.182. The highest BCUT2D eigenvalue weighted by Crippen LogP contribution is 2.25. The Morgan fingerprint density at radius 1 is 1.28 bits per heavy atom. The molecule has 1 aromatic carbocycles. The molecule has 0 saturated heterocycles. The molecule has 0 radical (unpaired) electrons. The Kier molecular flexibility index (Phi) is 3.24. The van der Waals surface area contributed by atoms with Crippen LogP contribution in [0, 0.1) is 0 Å². The van der Waals surface area contributed by atoms with Crippen molar-refractivity contribution in [2.24, 2.45) is 0 Å². The van der Waals surface area contributed by atoms with Gasteiger partial charge in [0.2, 0.25) is 0 Å². The summed E-state index contributed by atoms with van der Waals surface area (Å²) in [5.74, 6) is 0. The largest absolute Gasteiger partial charge is 0.376 e. The molecule has 0 atom stereocenters. The molecular weight excluding hydrogens is 252 g/mol. The summed E-state index contributed by atoms with van der Waals surface area (Å²) in [5, 5.41) is 0.0380. The number of para-hydroxylation sites is 2. The molecule has 1 heterocycles. The molecule has 1 aromatic heterocycles. The zero-order valence-corrected chi connectivity index (χ0v) is 10.9. The number of benzene rings is 1. The Morgan fingerprint density at radius 3 is 2.61 bits per heavy atom. The van der Waals surface area contributed by atoms with Crippen molar-refractivity contribution in [3.63, 3.8) is 0 Å². The minimum Gasteiger partial charge on any atom is -0.376 e. The van der Waals surface area contributed by atoms with Crippen LogP contribution >= 0.6 is 0 Å². The number of aromatic amines is 1. The summed E-state index contributed by atoms with van der Waals surface area (Å²) >= 11 is 0. The Labute approximate surface area is 106 Å². The Balaban J connectivity index is 2.36. The van der Waals surface area contributed by atoms with Gasteiger partial charge >= 0.3 is 0 Å². The maximum atomic E-state index is 12.0. The molecule has 0 spiro atoms. The van der Waals surface area contributed by atoms with Gasteiger partial charge in [0.25, 0.3) is 10.0 Å².